The number of nitrogens with one attached hydrogen (secondary N) is 1. The summed E-state index contributed by atoms with van der Waals surface area (Å²) in [6.45, 7) is 4.32. The summed E-state index contributed by atoms with van der Waals surface area (Å²) < 4.78 is 0. The monoisotopic (exact) mass is 309 g/mol. The van der Waals surface area contributed by atoms with Gasteiger partial charge in [0.05, 0.1) is 5.92 Å². The van der Waals surface area contributed by atoms with Gasteiger partial charge in [-0.2, -0.15) is 0 Å². The van der Waals surface area contributed by atoms with E-state index in [0.717, 1.165) is 38.8 Å². The summed E-state index contributed by atoms with van der Waals surface area (Å²) in [5, 5.41) is 2.65. The molecule has 0 aliphatic carbocycles. The maximum absolute atomic E-state index is 12.7. The summed E-state index contributed by atoms with van der Waals surface area (Å²) in [6, 6.07) is 0. The number of likely N-dealkylation sites (tertiary alicyclic amines) is 2. The van der Waals surface area contributed by atoms with Crippen LogP contribution in [0.4, 0.5) is 0 Å². The van der Waals surface area contributed by atoms with Crippen LogP contribution in [-0.2, 0) is 14.4 Å². The van der Waals surface area contributed by atoms with E-state index in [9.17, 15) is 14.4 Å². The molecule has 2 fully saturated rings. The summed E-state index contributed by atoms with van der Waals surface area (Å²) in [5.74, 6) is 0.433. The maximum Gasteiger partial charge on any atom is 0.227 e. The fraction of sp³-hybridized carbons (Fsp3) is 0.812. The standard InChI is InChI=1S/C16H27N3O3/c1-12(20)18-7-4-6-14(11-18)16(22)19-8-3-5-13(10-19)9-15(21)17-2/h13-14H,3-11H2,1-2H3,(H,17,21)/t13-,14-/m1/s1. The third-order valence-electron chi connectivity index (χ3n) is 4.80. The second-order valence-corrected chi connectivity index (χ2v) is 6.47. The van der Waals surface area contributed by atoms with E-state index in [1.54, 1.807) is 18.9 Å². The molecule has 22 heavy (non-hydrogen) atoms. The Morgan fingerprint density at radius 2 is 1.73 bits per heavy atom. The Labute approximate surface area is 132 Å². The number of hydrogen-bond acceptors (Lipinski definition) is 3. The van der Waals surface area contributed by atoms with Gasteiger partial charge in [-0.1, -0.05) is 0 Å². The first kappa shape index (κ1) is 16.8. The van der Waals surface area contributed by atoms with Crippen molar-refractivity contribution in [1.29, 1.82) is 0 Å². The number of carbonyl (C=O) groups excluding carboxylic acids is 3. The molecule has 0 aromatic heterocycles. The van der Waals surface area contributed by atoms with Crippen molar-refractivity contribution in [1.82, 2.24) is 15.1 Å². The van der Waals surface area contributed by atoms with E-state index in [1.807, 2.05) is 4.90 Å². The molecular formula is C16H27N3O3. The molecule has 1 N–H and O–H groups in total. The van der Waals surface area contributed by atoms with Crippen LogP contribution in [0, 0.1) is 11.8 Å². The van der Waals surface area contributed by atoms with Gasteiger partial charge in [0.25, 0.3) is 0 Å². The normalized spacial score (nSPS) is 25.7. The SMILES string of the molecule is CNC(=O)C[C@H]1CCCN(C(=O)[C@@H]2CCCN(C(C)=O)C2)C1. The molecule has 2 heterocycles. The van der Waals surface area contributed by atoms with Crippen molar-refractivity contribution in [2.75, 3.05) is 33.2 Å². The maximum atomic E-state index is 12.7. The molecule has 0 bridgehead atoms. The molecule has 0 saturated carbocycles. The molecule has 2 atom stereocenters. The van der Waals surface area contributed by atoms with Crippen molar-refractivity contribution in [2.45, 2.75) is 39.0 Å². The second-order valence-electron chi connectivity index (χ2n) is 6.47. The molecule has 0 unspecified atom stereocenters. The summed E-state index contributed by atoms with van der Waals surface area (Å²) in [5.41, 5.74) is 0. The Bertz CT molecular complexity index is 438. The number of amides is 3. The first-order chi connectivity index (χ1) is 10.5. The van der Waals surface area contributed by atoms with Crippen molar-refractivity contribution in [3.63, 3.8) is 0 Å². The van der Waals surface area contributed by atoms with Crippen molar-refractivity contribution in [2.24, 2.45) is 11.8 Å². The number of hydrogen-bond donors (Lipinski definition) is 1. The number of nitrogens with zero attached hydrogens (tertiary/aromatic N) is 2. The Balaban J connectivity index is 1.91. The molecule has 2 saturated heterocycles. The molecule has 2 rings (SSSR count). The Kier molecular flexibility index (Phi) is 5.80. The lowest BCUT2D eigenvalue weighted by Crippen LogP contribution is -2.49. The highest BCUT2D eigenvalue weighted by Crippen LogP contribution is 2.24. The van der Waals surface area contributed by atoms with Crippen molar-refractivity contribution < 1.29 is 14.4 Å². The third-order valence-corrected chi connectivity index (χ3v) is 4.80. The minimum Gasteiger partial charge on any atom is -0.359 e. The van der Waals surface area contributed by atoms with Crippen molar-refractivity contribution >= 4 is 17.7 Å². The minimum absolute atomic E-state index is 0.0414. The summed E-state index contributed by atoms with van der Waals surface area (Å²) in [4.78, 5) is 39.4. The van der Waals surface area contributed by atoms with E-state index >= 15 is 0 Å². The van der Waals surface area contributed by atoms with E-state index in [1.165, 1.54) is 0 Å². The number of rotatable bonds is 3. The van der Waals surface area contributed by atoms with Crippen LogP contribution in [0.2, 0.25) is 0 Å². The van der Waals surface area contributed by atoms with Crippen LogP contribution in [0.1, 0.15) is 39.0 Å². The first-order valence-electron chi connectivity index (χ1n) is 8.26. The van der Waals surface area contributed by atoms with E-state index < -0.39 is 0 Å². The van der Waals surface area contributed by atoms with Gasteiger partial charge in [-0.3, -0.25) is 14.4 Å². The Morgan fingerprint density at radius 1 is 1.05 bits per heavy atom. The van der Waals surface area contributed by atoms with Crippen molar-refractivity contribution in [3.05, 3.63) is 0 Å². The zero-order valence-corrected chi connectivity index (χ0v) is 13.6. The quantitative estimate of drug-likeness (QED) is 0.831. The molecule has 6 heteroatoms. The molecule has 0 aromatic carbocycles. The van der Waals surface area contributed by atoms with Gasteiger partial charge < -0.3 is 15.1 Å². The first-order valence-corrected chi connectivity index (χ1v) is 8.26. The zero-order chi connectivity index (χ0) is 16.1. The number of piperidine rings is 2. The van der Waals surface area contributed by atoms with Gasteiger partial charge in [0.1, 0.15) is 0 Å². The Hall–Kier alpha value is -1.59. The van der Waals surface area contributed by atoms with E-state index in [-0.39, 0.29) is 29.6 Å². The molecule has 3 amide bonds. The molecule has 0 spiro atoms. The van der Waals surface area contributed by atoms with Gasteiger partial charge in [0.2, 0.25) is 17.7 Å². The van der Waals surface area contributed by atoms with Gasteiger partial charge >= 0.3 is 0 Å². The van der Waals surface area contributed by atoms with Crippen LogP contribution in [0.3, 0.4) is 0 Å². The molecule has 124 valence electrons. The second kappa shape index (κ2) is 7.61. The third kappa shape index (κ3) is 4.21. The lowest BCUT2D eigenvalue weighted by Gasteiger charge is -2.38. The van der Waals surface area contributed by atoms with Crippen LogP contribution in [0.25, 0.3) is 0 Å². The molecule has 2 aliphatic heterocycles. The molecule has 2 aliphatic rings. The predicted octanol–water partition coefficient (Wildman–Crippen LogP) is 0.620. The fourth-order valence-electron chi connectivity index (χ4n) is 3.52. The van der Waals surface area contributed by atoms with Crippen LogP contribution in [0.5, 0.6) is 0 Å². The zero-order valence-electron chi connectivity index (χ0n) is 13.6. The Morgan fingerprint density at radius 3 is 2.41 bits per heavy atom. The largest absolute Gasteiger partial charge is 0.359 e. The van der Waals surface area contributed by atoms with Gasteiger partial charge in [-0.05, 0) is 31.6 Å². The molecular weight excluding hydrogens is 282 g/mol. The van der Waals surface area contributed by atoms with Gasteiger partial charge in [-0.15, -0.1) is 0 Å². The number of carbonyl (C=O) groups is 3. The van der Waals surface area contributed by atoms with Crippen LogP contribution >= 0.6 is 0 Å². The molecule has 6 nitrogen and oxygen atoms in total. The van der Waals surface area contributed by atoms with Gasteiger partial charge in [-0.25, -0.2) is 0 Å². The summed E-state index contributed by atoms with van der Waals surface area (Å²) in [7, 11) is 1.65. The molecule has 0 aromatic rings. The fourth-order valence-corrected chi connectivity index (χ4v) is 3.52. The highest BCUT2D eigenvalue weighted by atomic mass is 16.2. The lowest BCUT2D eigenvalue weighted by molar-refractivity contribution is -0.142. The molecule has 0 radical (unpaired) electrons. The smallest absolute Gasteiger partial charge is 0.227 e. The lowest BCUT2D eigenvalue weighted by atomic mass is 9.91. The van der Waals surface area contributed by atoms with Crippen molar-refractivity contribution in [3.8, 4) is 0 Å². The topological polar surface area (TPSA) is 69.7 Å². The van der Waals surface area contributed by atoms with Crippen LogP contribution in [-0.4, -0.2) is 60.7 Å². The average Bonchev–Trinajstić information content (AvgIpc) is 2.54. The van der Waals surface area contributed by atoms with Crippen LogP contribution in [0.15, 0.2) is 0 Å². The minimum atomic E-state index is -0.0728. The highest BCUT2D eigenvalue weighted by Gasteiger charge is 2.32. The van der Waals surface area contributed by atoms with Gasteiger partial charge in [0, 0.05) is 46.6 Å². The van der Waals surface area contributed by atoms with Gasteiger partial charge in [0.15, 0.2) is 0 Å². The van der Waals surface area contributed by atoms with Crippen LogP contribution < -0.4 is 5.32 Å². The average molecular weight is 309 g/mol. The van der Waals surface area contributed by atoms with E-state index in [2.05, 4.69) is 5.32 Å². The highest BCUT2D eigenvalue weighted by molar-refractivity contribution is 5.81. The summed E-state index contributed by atoms with van der Waals surface area (Å²) >= 11 is 0. The van der Waals surface area contributed by atoms with E-state index in [4.69, 9.17) is 0 Å². The summed E-state index contributed by atoms with van der Waals surface area (Å²) in [6.07, 6.45) is 4.20. The van der Waals surface area contributed by atoms with E-state index in [0.29, 0.717) is 19.5 Å². The predicted molar refractivity (Wildman–Crippen MR) is 83.0 cm³/mol.